The first-order valence-corrected chi connectivity index (χ1v) is 27.1. The smallest absolute Gasteiger partial charge is 0.252 e. The van der Waals surface area contributed by atoms with Crippen molar-refractivity contribution < 1.29 is 0 Å². The highest BCUT2D eigenvalue weighted by Crippen LogP contribution is 2.51. The molecule has 10 aromatic carbocycles. The predicted molar refractivity (Wildman–Crippen MR) is 328 cm³/mol. The molecule has 4 heterocycles. The summed E-state index contributed by atoms with van der Waals surface area (Å²) >= 11 is 0. The fourth-order valence-electron chi connectivity index (χ4n) is 12.6. The zero-order chi connectivity index (χ0) is 52.3. The van der Waals surface area contributed by atoms with Crippen LogP contribution in [0.1, 0.15) is 58.2 Å². The van der Waals surface area contributed by atoms with Gasteiger partial charge in [0.05, 0.1) is 27.8 Å². The molecule has 0 fully saturated rings. The molecule has 2 aliphatic heterocycles. The van der Waals surface area contributed by atoms with Crippen LogP contribution < -0.4 is 31.1 Å². The number of para-hydroxylation sites is 5. The van der Waals surface area contributed by atoms with Crippen LogP contribution in [0.25, 0.3) is 44.2 Å². The van der Waals surface area contributed by atoms with Crippen LogP contribution in [0.3, 0.4) is 0 Å². The van der Waals surface area contributed by atoms with Crippen molar-refractivity contribution in [2.24, 2.45) is 0 Å². The Bertz CT molecular complexity index is 4160. The first-order valence-electron chi connectivity index (χ1n) is 27.1. The molecule has 0 saturated heterocycles. The Kier molecular flexibility index (Phi) is 10.6. The largest absolute Gasteiger partial charge is 0.311 e. The van der Waals surface area contributed by atoms with E-state index in [1.165, 1.54) is 83.2 Å². The molecule has 2 aromatic heterocycles. The first-order chi connectivity index (χ1) is 37.4. The Morgan fingerprint density at radius 1 is 0.377 bits per heavy atom. The Hall–Kier alpha value is -9.00. The van der Waals surface area contributed by atoms with Gasteiger partial charge in [0.2, 0.25) is 0 Å². The molecule has 0 spiro atoms. The SMILES string of the molecule is Cc1cc2c3c(c1)-n1c4c(ccc(N(c5ccccc5)c5ccccc5)c4c4c1c1ccc(N(c5ccccc5)c5ccccc5)cc1n4-c1ccccc1)B3c1ccc(C(C)(C)C)cc1N2c1cccc(C(C)(C)C)c1. The average molecular weight is 994 g/mol. The molecule has 14 rings (SSSR count). The van der Waals surface area contributed by atoms with E-state index in [2.05, 4.69) is 309 Å². The summed E-state index contributed by atoms with van der Waals surface area (Å²) in [7, 11) is 0. The number of benzene rings is 10. The van der Waals surface area contributed by atoms with Gasteiger partial charge < -0.3 is 23.8 Å². The summed E-state index contributed by atoms with van der Waals surface area (Å²) < 4.78 is 5.23. The number of aromatic nitrogens is 2. The Morgan fingerprint density at radius 3 is 1.51 bits per heavy atom. The minimum atomic E-state index is -0.0608. The molecule has 0 radical (unpaired) electrons. The number of nitrogens with zero attached hydrogens (tertiary/aromatic N) is 5. The molecule has 0 aliphatic carbocycles. The first kappa shape index (κ1) is 46.5. The van der Waals surface area contributed by atoms with E-state index >= 15 is 0 Å². The zero-order valence-corrected chi connectivity index (χ0v) is 44.8. The summed E-state index contributed by atoms with van der Waals surface area (Å²) in [4.78, 5) is 7.44. The third-order valence-electron chi connectivity index (χ3n) is 16.1. The van der Waals surface area contributed by atoms with Gasteiger partial charge in [0.25, 0.3) is 6.71 Å². The molecular weight excluding hydrogens is 934 g/mol. The van der Waals surface area contributed by atoms with Crippen LogP contribution in [0.5, 0.6) is 0 Å². The average Bonchev–Trinajstić information content (AvgIpc) is 3.62. The Balaban J connectivity index is 1.17. The van der Waals surface area contributed by atoms with Gasteiger partial charge in [-0.3, -0.25) is 0 Å². The second-order valence-corrected chi connectivity index (χ2v) is 23.1. The van der Waals surface area contributed by atoms with Crippen LogP contribution >= 0.6 is 0 Å². The molecule has 0 saturated carbocycles. The fourth-order valence-corrected chi connectivity index (χ4v) is 12.6. The fraction of sp³-hybridized carbons (Fsp3) is 0.127. The van der Waals surface area contributed by atoms with Crippen molar-refractivity contribution >= 4 is 107 Å². The van der Waals surface area contributed by atoms with Crippen molar-refractivity contribution in [3.8, 4) is 11.4 Å². The number of anilines is 9. The molecule has 0 unspecified atom stereocenters. The third-order valence-corrected chi connectivity index (χ3v) is 16.1. The predicted octanol–water partition coefficient (Wildman–Crippen LogP) is 17.2. The van der Waals surface area contributed by atoms with Crippen molar-refractivity contribution in [3.63, 3.8) is 0 Å². The van der Waals surface area contributed by atoms with Crippen LogP contribution in [0.15, 0.2) is 237 Å². The minimum absolute atomic E-state index is 0.0328. The van der Waals surface area contributed by atoms with Crippen molar-refractivity contribution in [2.75, 3.05) is 14.7 Å². The lowest BCUT2D eigenvalue weighted by molar-refractivity contribution is 0.590. The van der Waals surface area contributed by atoms with E-state index in [-0.39, 0.29) is 17.5 Å². The van der Waals surface area contributed by atoms with E-state index in [4.69, 9.17) is 0 Å². The minimum Gasteiger partial charge on any atom is -0.311 e. The summed E-state index contributed by atoms with van der Waals surface area (Å²) in [6.45, 7) is 16.2. The van der Waals surface area contributed by atoms with Crippen molar-refractivity contribution in [1.29, 1.82) is 0 Å². The lowest BCUT2D eigenvalue weighted by Gasteiger charge is -2.41. The Morgan fingerprint density at radius 2 is 0.909 bits per heavy atom. The number of rotatable bonds is 8. The summed E-state index contributed by atoms with van der Waals surface area (Å²) in [6, 6.07) is 87.9. The van der Waals surface area contributed by atoms with Crippen LogP contribution in [-0.2, 0) is 10.8 Å². The monoisotopic (exact) mass is 993 g/mol. The van der Waals surface area contributed by atoms with Crippen LogP contribution in [0.4, 0.5) is 51.2 Å². The van der Waals surface area contributed by atoms with Gasteiger partial charge in [0, 0.05) is 67.6 Å². The summed E-state index contributed by atoms with van der Waals surface area (Å²) in [5.74, 6) is 0. The quantitative estimate of drug-likeness (QED) is 0.141. The van der Waals surface area contributed by atoms with E-state index in [1.807, 2.05) is 0 Å². The molecule has 0 bridgehead atoms. The highest BCUT2D eigenvalue weighted by molar-refractivity contribution is 7.00. The van der Waals surface area contributed by atoms with E-state index in [1.54, 1.807) is 0 Å². The maximum absolute atomic E-state index is 2.67. The molecule has 12 aromatic rings. The molecule has 5 nitrogen and oxygen atoms in total. The van der Waals surface area contributed by atoms with Crippen LogP contribution in [0, 0.1) is 6.92 Å². The van der Waals surface area contributed by atoms with Gasteiger partial charge in [-0.15, -0.1) is 0 Å². The standard InChI is InChI=1S/C71H60BN5/c1-47-42-63-66-64(43-47)77-67-57-38-37-56(73(50-25-13-8-14-26-50)51-27-15-9-16-28-51)46-61(57)76(54-33-21-12-22-34-54)69(67)65-60(74(52-29-17-10-18-30-52)53-31-19-11-20-32-53)41-40-59(68(65)77)72(66)58-39-36-49(71(5,6)7)45-62(58)75(63)55-35-23-24-48(44-55)70(2,3)4/h8-46H,1-7H3. The lowest BCUT2D eigenvalue weighted by Crippen LogP contribution is -2.60. The molecule has 0 atom stereocenters. The normalized spacial score (nSPS) is 12.8. The van der Waals surface area contributed by atoms with E-state index in [9.17, 15) is 0 Å². The van der Waals surface area contributed by atoms with Crippen molar-refractivity contribution in [1.82, 2.24) is 9.13 Å². The van der Waals surface area contributed by atoms with Gasteiger partial charge in [0.1, 0.15) is 0 Å². The number of hydrogen-bond acceptors (Lipinski definition) is 3. The van der Waals surface area contributed by atoms with E-state index < -0.39 is 0 Å². The molecule has 0 amide bonds. The summed E-state index contributed by atoms with van der Waals surface area (Å²) in [5.41, 5.74) is 25.0. The number of aryl methyl sites for hydroxylation is 1. The highest BCUT2D eigenvalue weighted by atomic mass is 15.2. The van der Waals surface area contributed by atoms with Gasteiger partial charge in [-0.2, -0.15) is 0 Å². The second-order valence-electron chi connectivity index (χ2n) is 23.1. The topological polar surface area (TPSA) is 19.6 Å². The lowest BCUT2D eigenvalue weighted by atomic mass is 9.33. The van der Waals surface area contributed by atoms with Gasteiger partial charge in [-0.05, 0) is 166 Å². The number of fused-ring (bicyclic) bond motifs is 9. The molecule has 372 valence electrons. The summed E-state index contributed by atoms with van der Waals surface area (Å²) in [5, 5.41) is 2.39. The maximum atomic E-state index is 2.67. The second kappa shape index (κ2) is 17.5. The summed E-state index contributed by atoms with van der Waals surface area (Å²) in [6.07, 6.45) is 0. The van der Waals surface area contributed by atoms with Crippen LogP contribution in [0.2, 0.25) is 0 Å². The van der Waals surface area contributed by atoms with Crippen LogP contribution in [-0.4, -0.2) is 15.8 Å². The van der Waals surface area contributed by atoms with Gasteiger partial charge in [0.15, 0.2) is 0 Å². The highest BCUT2D eigenvalue weighted by Gasteiger charge is 2.44. The van der Waals surface area contributed by atoms with E-state index in [0.717, 1.165) is 45.3 Å². The maximum Gasteiger partial charge on any atom is 0.252 e. The van der Waals surface area contributed by atoms with Crippen molar-refractivity contribution in [3.05, 3.63) is 253 Å². The zero-order valence-electron chi connectivity index (χ0n) is 44.8. The molecule has 0 N–H and O–H groups in total. The van der Waals surface area contributed by atoms with E-state index in [0.29, 0.717) is 0 Å². The Labute approximate surface area is 452 Å². The molecular formula is C71H60BN5. The van der Waals surface area contributed by atoms with Gasteiger partial charge >= 0.3 is 0 Å². The third kappa shape index (κ3) is 7.37. The molecule has 2 aliphatic rings. The van der Waals surface area contributed by atoms with Gasteiger partial charge in [-0.1, -0.05) is 163 Å². The van der Waals surface area contributed by atoms with Gasteiger partial charge in [-0.25, -0.2) is 0 Å². The molecule has 77 heavy (non-hydrogen) atoms. The number of hydrogen-bond donors (Lipinski definition) is 0. The molecule has 6 heteroatoms. The van der Waals surface area contributed by atoms with Crippen molar-refractivity contribution in [2.45, 2.75) is 59.3 Å².